The van der Waals surface area contributed by atoms with Gasteiger partial charge >= 0.3 is 0 Å². The molecule has 0 aromatic heterocycles. The summed E-state index contributed by atoms with van der Waals surface area (Å²) in [6.07, 6.45) is 6.61. The van der Waals surface area contributed by atoms with E-state index in [1.165, 1.54) is 39.0 Å². The van der Waals surface area contributed by atoms with Crippen LogP contribution in [0.5, 0.6) is 0 Å². The first-order valence-corrected chi connectivity index (χ1v) is 7.52. The van der Waals surface area contributed by atoms with Crippen molar-refractivity contribution >= 4 is 5.78 Å². The molecule has 1 saturated carbocycles. The van der Waals surface area contributed by atoms with E-state index in [2.05, 4.69) is 23.9 Å². The van der Waals surface area contributed by atoms with E-state index in [0.717, 1.165) is 37.5 Å². The number of nitrogens with zero attached hydrogens (tertiary/aromatic N) is 2. The Morgan fingerprint density at radius 2 is 1.94 bits per heavy atom. The zero-order valence-electron chi connectivity index (χ0n) is 12.0. The molecule has 0 radical (unpaired) electrons. The Labute approximate surface area is 112 Å². The normalized spacial score (nSPS) is 27.3. The summed E-state index contributed by atoms with van der Waals surface area (Å²) in [5.41, 5.74) is 0. The average molecular weight is 252 g/mol. The number of likely N-dealkylation sites (tertiary alicyclic amines) is 1. The maximum absolute atomic E-state index is 11.2. The largest absolute Gasteiger partial charge is 0.306 e. The van der Waals surface area contributed by atoms with Crippen LogP contribution in [0.4, 0.5) is 0 Å². The van der Waals surface area contributed by atoms with Gasteiger partial charge in [0.2, 0.25) is 0 Å². The Morgan fingerprint density at radius 3 is 2.56 bits per heavy atom. The van der Waals surface area contributed by atoms with Gasteiger partial charge in [-0.15, -0.1) is 0 Å². The van der Waals surface area contributed by atoms with E-state index in [1.54, 1.807) is 0 Å². The summed E-state index contributed by atoms with van der Waals surface area (Å²) in [6.45, 7) is 4.98. The van der Waals surface area contributed by atoms with Crippen LogP contribution in [0.2, 0.25) is 0 Å². The summed E-state index contributed by atoms with van der Waals surface area (Å²) in [5.74, 6) is 2.15. The molecule has 2 aliphatic rings. The lowest BCUT2D eigenvalue weighted by molar-refractivity contribution is -0.121. The smallest absolute Gasteiger partial charge is 0.132 e. The van der Waals surface area contributed by atoms with E-state index >= 15 is 0 Å². The summed E-state index contributed by atoms with van der Waals surface area (Å²) in [4.78, 5) is 16.1. The molecule has 2 rings (SSSR count). The first-order chi connectivity index (χ1) is 8.63. The van der Waals surface area contributed by atoms with E-state index in [4.69, 9.17) is 0 Å². The lowest BCUT2D eigenvalue weighted by Crippen LogP contribution is -2.30. The van der Waals surface area contributed by atoms with Gasteiger partial charge in [0, 0.05) is 25.9 Å². The molecule has 3 heteroatoms. The number of ketones is 1. The summed E-state index contributed by atoms with van der Waals surface area (Å²) >= 11 is 0. The van der Waals surface area contributed by atoms with Crippen LogP contribution in [0, 0.1) is 11.8 Å². The predicted octanol–water partition coefficient (Wildman–Crippen LogP) is 2.02. The molecule has 0 spiro atoms. The van der Waals surface area contributed by atoms with Crippen molar-refractivity contribution in [1.82, 2.24) is 9.80 Å². The van der Waals surface area contributed by atoms with Gasteiger partial charge in [-0.25, -0.2) is 0 Å². The van der Waals surface area contributed by atoms with Crippen LogP contribution in [0.3, 0.4) is 0 Å². The molecule has 1 unspecified atom stereocenters. The summed E-state index contributed by atoms with van der Waals surface area (Å²) in [6, 6.07) is 0. The fourth-order valence-electron chi connectivity index (χ4n) is 3.38. The van der Waals surface area contributed by atoms with Crippen molar-refractivity contribution in [3.63, 3.8) is 0 Å². The van der Waals surface area contributed by atoms with Gasteiger partial charge in [0.25, 0.3) is 0 Å². The second kappa shape index (κ2) is 6.67. The van der Waals surface area contributed by atoms with Crippen molar-refractivity contribution in [3.8, 4) is 0 Å². The van der Waals surface area contributed by atoms with Crippen LogP contribution < -0.4 is 0 Å². The first kappa shape index (κ1) is 14.0. The van der Waals surface area contributed by atoms with Crippen molar-refractivity contribution in [1.29, 1.82) is 0 Å². The topological polar surface area (TPSA) is 23.6 Å². The van der Waals surface area contributed by atoms with Gasteiger partial charge < -0.3 is 9.80 Å². The van der Waals surface area contributed by atoms with Crippen molar-refractivity contribution in [2.24, 2.45) is 11.8 Å². The minimum Gasteiger partial charge on any atom is -0.306 e. The number of carbonyl (C=O) groups excluding carboxylic acids is 1. The van der Waals surface area contributed by atoms with Crippen LogP contribution in [-0.2, 0) is 4.79 Å². The van der Waals surface area contributed by atoms with Gasteiger partial charge in [0.1, 0.15) is 5.78 Å². The SMILES string of the molecule is CN(CCC1CCN(C)C1)CC1CCC(=O)CC1. The molecule has 104 valence electrons. The molecule has 1 aliphatic heterocycles. The molecule has 1 saturated heterocycles. The van der Waals surface area contributed by atoms with Gasteiger partial charge in [-0.1, -0.05) is 0 Å². The summed E-state index contributed by atoms with van der Waals surface area (Å²) < 4.78 is 0. The minimum atomic E-state index is 0.475. The number of hydrogen-bond acceptors (Lipinski definition) is 3. The lowest BCUT2D eigenvalue weighted by Gasteiger charge is -2.27. The maximum atomic E-state index is 11.2. The van der Waals surface area contributed by atoms with Crippen molar-refractivity contribution < 1.29 is 4.79 Å². The van der Waals surface area contributed by atoms with Crippen LogP contribution >= 0.6 is 0 Å². The maximum Gasteiger partial charge on any atom is 0.132 e. The molecule has 2 fully saturated rings. The molecule has 0 aromatic carbocycles. The highest BCUT2D eigenvalue weighted by atomic mass is 16.1. The molecule has 3 nitrogen and oxygen atoms in total. The van der Waals surface area contributed by atoms with E-state index in [0.29, 0.717) is 5.78 Å². The Balaban J connectivity index is 1.60. The standard InChI is InChI=1S/C15H28N2O/c1-16(9-7-14-8-10-17(2)12-14)11-13-3-5-15(18)6-4-13/h13-14H,3-12H2,1-2H3. The molecule has 0 N–H and O–H groups in total. The highest BCUT2D eigenvalue weighted by molar-refractivity contribution is 5.79. The van der Waals surface area contributed by atoms with E-state index in [1.807, 2.05) is 0 Å². The molecule has 0 amide bonds. The van der Waals surface area contributed by atoms with E-state index in [9.17, 15) is 4.79 Å². The van der Waals surface area contributed by atoms with Crippen molar-refractivity contribution in [2.45, 2.75) is 38.5 Å². The zero-order valence-corrected chi connectivity index (χ0v) is 12.0. The highest BCUT2D eigenvalue weighted by Gasteiger charge is 2.22. The molecule has 18 heavy (non-hydrogen) atoms. The average Bonchev–Trinajstić information content (AvgIpc) is 2.76. The first-order valence-electron chi connectivity index (χ1n) is 7.52. The second-order valence-electron chi connectivity index (χ2n) is 6.45. The Bertz CT molecular complexity index is 270. The molecular formula is C15H28N2O. The summed E-state index contributed by atoms with van der Waals surface area (Å²) in [5, 5.41) is 0. The van der Waals surface area contributed by atoms with Crippen LogP contribution in [0.1, 0.15) is 38.5 Å². The van der Waals surface area contributed by atoms with Crippen LogP contribution in [0.15, 0.2) is 0 Å². The third kappa shape index (κ3) is 4.36. The lowest BCUT2D eigenvalue weighted by atomic mass is 9.88. The number of Topliss-reactive ketones (excluding diaryl/α,β-unsaturated/α-hetero) is 1. The molecule has 1 heterocycles. The van der Waals surface area contributed by atoms with Crippen LogP contribution in [-0.4, -0.2) is 55.9 Å². The predicted molar refractivity (Wildman–Crippen MR) is 74.7 cm³/mol. The third-order valence-corrected chi connectivity index (χ3v) is 4.64. The molecule has 1 aliphatic carbocycles. The fraction of sp³-hybridized carbons (Fsp3) is 0.933. The Kier molecular flexibility index (Phi) is 5.19. The second-order valence-corrected chi connectivity index (χ2v) is 6.45. The quantitative estimate of drug-likeness (QED) is 0.748. The van der Waals surface area contributed by atoms with Gasteiger partial charge in [0.05, 0.1) is 0 Å². The molecule has 0 aromatic rings. The number of hydrogen-bond donors (Lipinski definition) is 0. The van der Waals surface area contributed by atoms with Crippen molar-refractivity contribution in [2.75, 3.05) is 40.3 Å². The van der Waals surface area contributed by atoms with E-state index in [-0.39, 0.29) is 0 Å². The van der Waals surface area contributed by atoms with Crippen molar-refractivity contribution in [3.05, 3.63) is 0 Å². The monoisotopic (exact) mass is 252 g/mol. The van der Waals surface area contributed by atoms with Crippen LogP contribution in [0.25, 0.3) is 0 Å². The van der Waals surface area contributed by atoms with Gasteiger partial charge in [0.15, 0.2) is 0 Å². The zero-order chi connectivity index (χ0) is 13.0. The fourth-order valence-corrected chi connectivity index (χ4v) is 3.38. The summed E-state index contributed by atoms with van der Waals surface area (Å²) in [7, 11) is 4.47. The number of carbonyl (C=O) groups is 1. The molecular weight excluding hydrogens is 224 g/mol. The molecule has 0 bridgehead atoms. The molecule has 1 atom stereocenters. The number of rotatable bonds is 5. The Hall–Kier alpha value is -0.410. The van der Waals surface area contributed by atoms with Gasteiger partial charge in [-0.05, 0) is 64.7 Å². The van der Waals surface area contributed by atoms with E-state index < -0.39 is 0 Å². The third-order valence-electron chi connectivity index (χ3n) is 4.64. The van der Waals surface area contributed by atoms with Gasteiger partial charge in [-0.3, -0.25) is 4.79 Å². The highest BCUT2D eigenvalue weighted by Crippen LogP contribution is 2.23. The Morgan fingerprint density at radius 1 is 1.22 bits per heavy atom. The minimum absolute atomic E-state index is 0.475. The van der Waals surface area contributed by atoms with Gasteiger partial charge in [-0.2, -0.15) is 0 Å².